The van der Waals surface area contributed by atoms with Gasteiger partial charge in [-0.25, -0.2) is 0 Å². The van der Waals surface area contributed by atoms with Crippen molar-refractivity contribution in [2.45, 2.75) is 38.3 Å². The number of nitrogens with zero attached hydrogens (tertiary/aromatic N) is 3. The number of hydrogen-bond donors (Lipinski definition) is 2. The van der Waals surface area contributed by atoms with Gasteiger partial charge >= 0.3 is 6.01 Å². The lowest BCUT2D eigenvalue weighted by Gasteiger charge is -2.31. The van der Waals surface area contributed by atoms with Crippen LogP contribution in [-0.2, 0) is 4.79 Å². The maximum Gasteiger partial charge on any atom is 0.318 e. The monoisotopic (exact) mass is 239 g/mol. The Kier molecular flexibility index (Phi) is 3.28. The standard InChI is InChI=1S/C10H17N5O2/c1-6(11)9-13-14-10(17-9)15-5-3-2-4-7(15)8(12)16/h6-7H,2-5,11H2,1H3,(H2,12,16). The number of hydrogen-bond acceptors (Lipinski definition) is 6. The molecular weight excluding hydrogens is 222 g/mol. The highest BCUT2D eigenvalue weighted by Crippen LogP contribution is 2.24. The van der Waals surface area contributed by atoms with Crippen molar-refractivity contribution >= 4 is 11.9 Å². The van der Waals surface area contributed by atoms with Crippen molar-refractivity contribution in [2.24, 2.45) is 11.5 Å². The van der Waals surface area contributed by atoms with E-state index in [-0.39, 0.29) is 18.0 Å². The lowest BCUT2D eigenvalue weighted by atomic mass is 10.0. The molecule has 2 unspecified atom stereocenters. The maximum absolute atomic E-state index is 11.3. The molecule has 17 heavy (non-hydrogen) atoms. The van der Waals surface area contributed by atoms with Crippen LogP contribution in [0, 0.1) is 0 Å². The lowest BCUT2D eigenvalue weighted by Crippen LogP contribution is -2.48. The highest BCUT2D eigenvalue weighted by molar-refractivity contribution is 5.83. The van der Waals surface area contributed by atoms with Gasteiger partial charge in [-0.1, -0.05) is 5.10 Å². The Hall–Kier alpha value is -1.63. The predicted octanol–water partition coefficient (Wildman–Crippen LogP) is -0.0665. The average molecular weight is 239 g/mol. The Balaban J connectivity index is 2.20. The first-order chi connectivity index (χ1) is 8.09. The first kappa shape index (κ1) is 11.8. The molecule has 1 fully saturated rings. The summed E-state index contributed by atoms with van der Waals surface area (Å²) < 4.78 is 5.44. The zero-order valence-electron chi connectivity index (χ0n) is 9.80. The molecule has 1 aliphatic heterocycles. The van der Waals surface area contributed by atoms with Crippen LogP contribution in [0.25, 0.3) is 0 Å². The van der Waals surface area contributed by atoms with E-state index < -0.39 is 0 Å². The number of nitrogens with two attached hydrogens (primary N) is 2. The van der Waals surface area contributed by atoms with Crippen molar-refractivity contribution < 1.29 is 9.21 Å². The molecule has 1 aromatic rings. The van der Waals surface area contributed by atoms with Crippen molar-refractivity contribution in [1.29, 1.82) is 0 Å². The smallest absolute Gasteiger partial charge is 0.318 e. The van der Waals surface area contributed by atoms with E-state index in [1.165, 1.54) is 0 Å². The van der Waals surface area contributed by atoms with Crippen molar-refractivity contribution in [3.8, 4) is 0 Å². The normalized spacial score (nSPS) is 22.5. The molecule has 2 atom stereocenters. The number of amides is 1. The Labute approximate surface area is 99.1 Å². The van der Waals surface area contributed by atoms with E-state index >= 15 is 0 Å². The summed E-state index contributed by atoms with van der Waals surface area (Å²) in [5.74, 6) is 0.0130. The summed E-state index contributed by atoms with van der Waals surface area (Å²) in [5, 5.41) is 7.76. The van der Waals surface area contributed by atoms with E-state index in [1.807, 2.05) is 0 Å². The molecule has 1 aliphatic rings. The van der Waals surface area contributed by atoms with E-state index in [4.69, 9.17) is 15.9 Å². The highest BCUT2D eigenvalue weighted by atomic mass is 16.4. The molecule has 0 spiro atoms. The van der Waals surface area contributed by atoms with E-state index in [1.54, 1.807) is 11.8 Å². The Morgan fingerprint density at radius 3 is 2.88 bits per heavy atom. The zero-order valence-corrected chi connectivity index (χ0v) is 9.80. The first-order valence-electron chi connectivity index (χ1n) is 5.74. The summed E-state index contributed by atoms with van der Waals surface area (Å²) in [7, 11) is 0. The number of piperidine rings is 1. The molecule has 7 heteroatoms. The van der Waals surface area contributed by atoms with Crippen LogP contribution in [0.2, 0.25) is 0 Å². The molecule has 0 radical (unpaired) electrons. The molecule has 2 heterocycles. The van der Waals surface area contributed by atoms with Gasteiger partial charge in [-0.2, -0.15) is 0 Å². The fourth-order valence-corrected chi connectivity index (χ4v) is 1.98. The number of primary amides is 1. The van der Waals surface area contributed by atoms with Crippen LogP contribution in [0.3, 0.4) is 0 Å². The third-order valence-electron chi connectivity index (χ3n) is 2.90. The van der Waals surface area contributed by atoms with Crippen LogP contribution >= 0.6 is 0 Å². The van der Waals surface area contributed by atoms with Crippen LogP contribution in [-0.4, -0.2) is 28.7 Å². The number of carbonyl (C=O) groups excluding carboxylic acids is 1. The van der Waals surface area contributed by atoms with Crippen LogP contribution in [0.15, 0.2) is 4.42 Å². The maximum atomic E-state index is 11.3. The lowest BCUT2D eigenvalue weighted by molar-refractivity contribution is -0.119. The van der Waals surface area contributed by atoms with Gasteiger partial charge in [0, 0.05) is 6.54 Å². The van der Waals surface area contributed by atoms with Gasteiger partial charge in [0.15, 0.2) is 0 Å². The SMILES string of the molecule is CC(N)c1nnc(N2CCCCC2C(N)=O)o1. The number of rotatable bonds is 3. The summed E-state index contributed by atoms with van der Waals surface area (Å²) in [5.41, 5.74) is 11.0. The molecule has 1 aromatic heterocycles. The second-order valence-corrected chi connectivity index (χ2v) is 4.32. The van der Waals surface area contributed by atoms with Crippen molar-refractivity contribution in [2.75, 3.05) is 11.4 Å². The van der Waals surface area contributed by atoms with Gasteiger partial charge in [0.25, 0.3) is 0 Å². The number of aromatic nitrogens is 2. The Morgan fingerprint density at radius 2 is 2.29 bits per heavy atom. The average Bonchev–Trinajstić information content (AvgIpc) is 2.78. The van der Waals surface area contributed by atoms with Crippen LogP contribution < -0.4 is 16.4 Å². The minimum atomic E-state index is -0.356. The first-order valence-corrected chi connectivity index (χ1v) is 5.74. The summed E-state index contributed by atoms with van der Waals surface area (Å²) in [6.07, 6.45) is 2.70. The van der Waals surface area contributed by atoms with Gasteiger partial charge in [-0.15, -0.1) is 5.10 Å². The summed E-state index contributed by atoms with van der Waals surface area (Å²) in [6.45, 7) is 2.47. The molecular formula is C10H17N5O2. The van der Waals surface area contributed by atoms with Crippen molar-refractivity contribution in [3.05, 3.63) is 5.89 Å². The van der Waals surface area contributed by atoms with Gasteiger partial charge in [0.2, 0.25) is 11.8 Å². The fourth-order valence-electron chi connectivity index (χ4n) is 1.98. The summed E-state index contributed by atoms with van der Waals surface area (Å²) in [4.78, 5) is 13.1. The van der Waals surface area contributed by atoms with E-state index in [2.05, 4.69) is 10.2 Å². The Morgan fingerprint density at radius 1 is 1.53 bits per heavy atom. The minimum Gasteiger partial charge on any atom is -0.406 e. The number of anilines is 1. The summed E-state index contributed by atoms with van der Waals surface area (Å²) >= 11 is 0. The zero-order chi connectivity index (χ0) is 12.4. The molecule has 4 N–H and O–H groups in total. The highest BCUT2D eigenvalue weighted by Gasteiger charge is 2.30. The second kappa shape index (κ2) is 4.70. The molecule has 1 amide bonds. The van der Waals surface area contributed by atoms with Gasteiger partial charge < -0.3 is 20.8 Å². The van der Waals surface area contributed by atoms with Crippen LogP contribution in [0.4, 0.5) is 6.01 Å². The van der Waals surface area contributed by atoms with Gasteiger partial charge in [0.05, 0.1) is 6.04 Å². The van der Waals surface area contributed by atoms with Gasteiger partial charge in [-0.3, -0.25) is 4.79 Å². The largest absolute Gasteiger partial charge is 0.406 e. The fraction of sp³-hybridized carbons (Fsp3) is 0.700. The molecule has 0 aromatic carbocycles. The molecule has 2 rings (SSSR count). The third-order valence-corrected chi connectivity index (χ3v) is 2.90. The molecule has 0 bridgehead atoms. The van der Waals surface area contributed by atoms with Gasteiger partial charge in [0.1, 0.15) is 6.04 Å². The second-order valence-electron chi connectivity index (χ2n) is 4.32. The summed E-state index contributed by atoms with van der Waals surface area (Å²) in [6, 6.07) is -0.334. The van der Waals surface area contributed by atoms with E-state index in [9.17, 15) is 4.79 Å². The van der Waals surface area contributed by atoms with E-state index in [0.717, 1.165) is 19.3 Å². The number of carbonyl (C=O) groups is 1. The third kappa shape index (κ3) is 2.38. The topological polar surface area (TPSA) is 111 Å². The van der Waals surface area contributed by atoms with Crippen molar-refractivity contribution in [1.82, 2.24) is 10.2 Å². The molecule has 1 saturated heterocycles. The quantitative estimate of drug-likeness (QED) is 0.764. The molecule has 7 nitrogen and oxygen atoms in total. The van der Waals surface area contributed by atoms with Crippen molar-refractivity contribution in [3.63, 3.8) is 0 Å². The predicted molar refractivity (Wildman–Crippen MR) is 61.1 cm³/mol. The van der Waals surface area contributed by atoms with Crippen LogP contribution in [0.1, 0.15) is 38.1 Å². The van der Waals surface area contributed by atoms with Crippen LogP contribution in [0.5, 0.6) is 0 Å². The minimum absolute atomic E-state index is 0.312. The van der Waals surface area contributed by atoms with Gasteiger partial charge in [-0.05, 0) is 26.2 Å². The molecule has 94 valence electrons. The Bertz CT molecular complexity index is 403. The molecule has 0 saturated carbocycles. The van der Waals surface area contributed by atoms with E-state index in [0.29, 0.717) is 18.5 Å². The molecule has 0 aliphatic carbocycles.